The summed E-state index contributed by atoms with van der Waals surface area (Å²) in [5.41, 5.74) is 5.83. The summed E-state index contributed by atoms with van der Waals surface area (Å²) in [6, 6.07) is 15.2. The molecule has 2 atom stereocenters. The van der Waals surface area contributed by atoms with Gasteiger partial charge >= 0.3 is 6.03 Å². The van der Waals surface area contributed by atoms with Crippen molar-refractivity contribution >= 4 is 17.8 Å². The number of carbonyl (C=O) groups excluding carboxylic acids is 3. The minimum Gasteiger partial charge on any atom is -0.376 e. The Hall–Kier alpha value is -3.46. The number of primary amides is 1. The number of urea groups is 1. The Balaban J connectivity index is 1.53. The molecule has 2 saturated heterocycles. The molecule has 2 aliphatic heterocycles. The highest BCUT2D eigenvalue weighted by atomic mass is 16.5. The fraction of sp³-hybridized carbons (Fsp3) is 0.462. The van der Waals surface area contributed by atoms with Gasteiger partial charge in [0.1, 0.15) is 0 Å². The highest BCUT2D eigenvalue weighted by Gasteiger charge is 2.52. The quantitative estimate of drug-likeness (QED) is 0.566. The Labute approximate surface area is 205 Å². The maximum Gasteiger partial charge on any atom is 0.318 e. The zero-order valence-electron chi connectivity index (χ0n) is 20.3. The van der Waals surface area contributed by atoms with Crippen LogP contribution in [0.25, 0.3) is 0 Å². The summed E-state index contributed by atoms with van der Waals surface area (Å²) in [7, 11) is 0. The minimum absolute atomic E-state index is 0.0638. The summed E-state index contributed by atoms with van der Waals surface area (Å²) in [4.78, 5) is 46.7. The summed E-state index contributed by atoms with van der Waals surface area (Å²) >= 11 is 0. The van der Waals surface area contributed by atoms with Crippen molar-refractivity contribution in [3.05, 3.63) is 66.0 Å². The van der Waals surface area contributed by atoms with Crippen LogP contribution in [0.3, 0.4) is 0 Å². The second-order valence-corrected chi connectivity index (χ2v) is 9.93. The Morgan fingerprint density at radius 1 is 1.17 bits per heavy atom. The molecule has 2 aromatic rings. The van der Waals surface area contributed by atoms with Gasteiger partial charge in [0.25, 0.3) is 0 Å². The number of benzene rings is 1. The van der Waals surface area contributed by atoms with E-state index in [9.17, 15) is 14.4 Å². The summed E-state index contributed by atoms with van der Waals surface area (Å²) in [5.74, 6) is -1.51. The van der Waals surface area contributed by atoms with Gasteiger partial charge in [-0.25, -0.2) is 4.79 Å². The predicted molar refractivity (Wildman–Crippen MR) is 130 cm³/mol. The van der Waals surface area contributed by atoms with E-state index in [1.807, 2.05) is 53.4 Å². The first kappa shape index (κ1) is 24.7. The average Bonchev–Trinajstić information content (AvgIpc) is 3.17. The maximum atomic E-state index is 13.9. The van der Waals surface area contributed by atoms with Crippen LogP contribution in [-0.4, -0.2) is 71.0 Å². The topological polar surface area (TPSA) is 118 Å². The molecule has 0 spiro atoms. The van der Waals surface area contributed by atoms with Crippen LogP contribution in [0.4, 0.5) is 4.79 Å². The lowest BCUT2D eigenvalue weighted by molar-refractivity contribution is -0.152. The van der Waals surface area contributed by atoms with E-state index in [1.54, 1.807) is 24.9 Å². The van der Waals surface area contributed by atoms with Gasteiger partial charge in [-0.15, -0.1) is 0 Å². The summed E-state index contributed by atoms with van der Waals surface area (Å²) in [6.45, 7) is 5.29. The highest BCUT2D eigenvalue weighted by molar-refractivity contribution is 5.90. The molecule has 0 radical (unpaired) electrons. The van der Waals surface area contributed by atoms with Gasteiger partial charge < -0.3 is 25.6 Å². The Morgan fingerprint density at radius 2 is 1.91 bits per heavy atom. The fourth-order valence-corrected chi connectivity index (χ4v) is 4.87. The lowest BCUT2D eigenvalue weighted by Gasteiger charge is -2.47. The Bertz CT molecular complexity index is 1060. The van der Waals surface area contributed by atoms with Gasteiger partial charge in [-0.3, -0.25) is 14.6 Å². The van der Waals surface area contributed by atoms with Crippen LogP contribution < -0.4 is 11.1 Å². The van der Waals surface area contributed by atoms with Crippen molar-refractivity contribution in [3.8, 4) is 0 Å². The van der Waals surface area contributed by atoms with Crippen LogP contribution in [0.1, 0.15) is 25.1 Å². The van der Waals surface area contributed by atoms with Crippen LogP contribution in [-0.2, 0) is 27.4 Å². The van der Waals surface area contributed by atoms with Crippen molar-refractivity contribution in [2.24, 2.45) is 17.1 Å². The first-order chi connectivity index (χ1) is 16.7. The number of fused-ring (bicyclic) bond motifs is 1. The molecule has 0 saturated carbocycles. The number of rotatable bonds is 9. The lowest BCUT2D eigenvalue weighted by atomic mass is 9.77. The van der Waals surface area contributed by atoms with Gasteiger partial charge in [-0.1, -0.05) is 50.2 Å². The molecule has 4 rings (SSSR count). The second-order valence-electron chi connectivity index (χ2n) is 9.93. The van der Waals surface area contributed by atoms with Crippen molar-refractivity contribution in [2.75, 3.05) is 32.8 Å². The van der Waals surface area contributed by atoms with E-state index in [1.165, 1.54) is 0 Å². The molecule has 4 amide bonds. The van der Waals surface area contributed by atoms with E-state index in [-0.39, 0.29) is 18.5 Å². The summed E-state index contributed by atoms with van der Waals surface area (Å²) in [5, 5.41) is 2.93. The molecule has 186 valence electrons. The van der Waals surface area contributed by atoms with E-state index < -0.39 is 22.8 Å². The number of carbonyl (C=O) groups is 3. The molecule has 35 heavy (non-hydrogen) atoms. The fourth-order valence-electron chi connectivity index (χ4n) is 4.87. The molecule has 1 aromatic carbocycles. The third kappa shape index (κ3) is 5.14. The molecule has 3 N–H and O–H groups in total. The van der Waals surface area contributed by atoms with Gasteiger partial charge in [-0.05, 0) is 17.7 Å². The highest BCUT2D eigenvalue weighted by Crippen LogP contribution is 2.34. The maximum absolute atomic E-state index is 13.9. The third-order valence-electron chi connectivity index (χ3n) is 7.21. The normalized spacial score (nSPS) is 20.8. The number of hydrogen-bond acceptors (Lipinski definition) is 5. The number of nitrogens with zero attached hydrogens (tertiary/aromatic N) is 3. The number of pyridine rings is 1. The smallest absolute Gasteiger partial charge is 0.318 e. The van der Waals surface area contributed by atoms with Gasteiger partial charge in [-0.2, -0.15) is 0 Å². The van der Waals surface area contributed by atoms with E-state index in [0.717, 1.165) is 11.3 Å². The lowest BCUT2D eigenvalue weighted by Crippen LogP contribution is -2.65. The number of ether oxygens (including phenoxy) is 1. The molecule has 2 aliphatic rings. The molecule has 3 heterocycles. The molecular formula is C26H33N5O4. The molecule has 1 aromatic heterocycles. The van der Waals surface area contributed by atoms with Crippen molar-refractivity contribution in [1.82, 2.24) is 20.1 Å². The minimum atomic E-state index is -1.11. The zero-order valence-corrected chi connectivity index (χ0v) is 20.3. The molecule has 2 unspecified atom stereocenters. The van der Waals surface area contributed by atoms with Crippen molar-refractivity contribution in [3.63, 3.8) is 0 Å². The van der Waals surface area contributed by atoms with E-state index in [4.69, 9.17) is 10.5 Å². The molecule has 9 heteroatoms. The third-order valence-corrected chi connectivity index (χ3v) is 7.21. The van der Waals surface area contributed by atoms with Crippen LogP contribution in [0.15, 0.2) is 54.7 Å². The number of piperazine rings is 1. The number of hydrogen-bond donors (Lipinski definition) is 2. The van der Waals surface area contributed by atoms with E-state index in [0.29, 0.717) is 39.2 Å². The van der Waals surface area contributed by atoms with Gasteiger partial charge in [0.05, 0.1) is 30.1 Å². The SMILES string of the molecule is CC(C)(C(N)=O)C(COCc1ccccc1)C(=O)N1CCN2C(=O)NCC2(Cc2ccccn2)C1. The van der Waals surface area contributed by atoms with Crippen molar-refractivity contribution < 1.29 is 19.1 Å². The average molecular weight is 480 g/mol. The molecule has 9 nitrogen and oxygen atoms in total. The van der Waals surface area contributed by atoms with Crippen LogP contribution in [0, 0.1) is 11.3 Å². The van der Waals surface area contributed by atoms with Crippen molar-refractivity contribution in [2.45, 2.75) is 32.4 Å². The summed E-state index contributed by atoms with van der Waals surface area (Å²) < 4.78 is 5.91. The summed E-state index contributed by atoms with van der Waals surface area (Å²) in [6.07, 6.45) is 2.24. The molecule has 0 bridgehead atoms. The monoisotopic (exact) mass is 479 g/mol. The number of nitrogens with two attached hydrogens (primary N) is 1. The van der Waals surface area contributed by atoms with E-state index >= 15 is 0 Å². The molecule has 0 aliphatic carbocycles. The Kier molecular flexibility index (Phi) is 7.07. The van der Waals surface area contributed by atoms with Gasteiger partial charge in [0.15, 0.2) is 0 Å². The molecular weight excluding hydrogens is 446 g/mol. The Morgan fingerprint density at radius 3 is 2.60 bits per heavy atom. The van der Waals surface area contributed by atoms with Crippen LogP contribution in [0.5, 0.6) is 0 Å². The first-order valence-corrected chi connectivity index (χ1v) is 11.9. The van der Waals surface area contributed by atoms with Gasteiger partial charge in [0, 0.05) is 44.5 Å². The second kappa shape index (κ2) is 10.0. The number of aromatic nitrogens is 1. The van der Waals surface area contributed by atoms with Gasteiger partial charge in [0.2, 0.25) is 11.8 Å². The number of amides is 4. The first-order valence-electron chi connectivity index (χ1n) is 11.9. The largest absolute Gasteiger partial charge is 0.376 e. The number of nitrogens with one attached hydrogen (secondary N) is 1. The zero-order chi connectivity index (χ0) is 25.1. The van der Waals surface area contributed by atoms with Crippen LogP contribution in [0.2, 0.25) is 0 Å². The molecule has 2 fully saturated rings. The standard InChI is InChI=1S/C26H33N5O4/c1-25(2,23(27)33)21(16-35-15-19-8-4-3-5-9-19)22(32)30-12-13-31-24(34)29-17-26(31,18-30)14-20-10-6-7-11-28-20/h3-11,21H,12-18H2,1-2H3,(H2,27,33)(H,29,34). The predicted octanol–water partition coefficient (Wildman–Crippen LogP) is 1.57. The van der Waals surface area contributed by atoms with Crippen molar-refractivity contribution in [1.29, 1.82) is 0 Å². The van der Waals surface area contributed by atoms with E-state index in [2.05, 4.69) is 10.3 Å². The van der Waals surface area contributed by atoms with Crippen LogP contribution >= 0.6 is 0 Å².